The first-order valence-electron chi connectivity index (χ1n) is 11.5. The Morgan fingerprint density at radius 3 is 2.66 bits per heavy atom. The SMILES string of the molecule is COc1ccc(CCNC(=O)CSc2nc3c(c(=O)n2CCc2ccccc2)SCC3)cc1OC. The number of fused-ring (bicyclic) bond motifs is 1. The summed E-state index contributed by atoms with van der Waals surface area (Å²) < 4.78 is 12.3. The highest BCUT2D eigenvalue weighted by Crippen LogP contribution is 2.29. The molecule has 0 aliphatic carbocycles. The molecule has 0 bridgehead atoms. The van der Waals surface area contributed by atoms with Crippen molar-refractivity contribution in [2.45, 2.75) is 35.9 Å². The van der Waals surface area contributed by atoms with Crippen molar-refractivity contribution in [2.75, 3.05) is 32.3 Å². The number of aryl methyl sites for hydroxylation is 2. The largest absolute Gasteiger partial charge is 0.493 e. The summed E-state index contributed by atoms with van der Waals surface area (Å²) in [5.41, 5.74) is 3.07. The highest BCUT2D eigenvalue weighted by molar-refractivity contribution is 8.00. The molecule has 0 atom stereocenters. The minimum Gasteiger partial charge on any atom is -0.493 e. The van der Waals surface area contributed by atoms with E-state index in [1.54, 1.807) is 30.5 Å². The fraction of sp³-hybridized carbons (Fsp3) is 0.346. The first-order valence-corrected chi connectivity index (χ1v) is 13.5. The van der Waals surface area contributed by atoms with Gasteiger partial charge in [0.15, 0.2) is 16.7 Å². The molecule has 1 aliphatic rings. The van der Waals surface area contributed by atoms with Crippen molar-refractivity contribution < 1.29 is 14.3 Å². The van der Waals surface area contributed by atoms with Gasteiger partial charge in [-0.2, -0.15) is 0 Å². The lowest BCUT2D eigenvalue weighted by atomic mass is 10.1. The maximum absolute atomic E-state index is 13.1. The van der Waals surface area contributed by atoms with Gasteiger partial charge in [0.25, 0.3) is 5.56 Å². The van der Waals surface area contributed by atoms with Crippen LogP contribution in [-0.4, -0.2) is 47.7 Å². The Balaban J connectivity index is 1.36. The highest BCUT2D eigenvalue weighted by atomic mass is 32.2. The van der Waals surface area contributed by atoms with Gasteiger partial charge in [0, 0.05) is 25.3 Å². The molecule has 0 unspecified atom stereocenters. The number of thioether (sulfide) groups is 2. The lowest BCUT2D eigenvalue weighted by Gasteiger charge is -2.14. The molecule has 7 nitrogen and oxygen atoms in total. The number of amides is 1. The normalized spacial score (nSPS) is 12.3. The number of hydrogen-bond acceptors (Lipinski definition) is 7. The van der Waals surface area contributed by atoms with Crippen LogP contribution in [0.2, 0.25) is 0 Å². The van der Waals surface area contributed by atoms with Crippen LogP contribution in [0, 0.1) is 0 Å². The zero-order chi connectivity index (χ0) is 24.6. The van der Waals surface area contributed by atoms with Gasteiger partial charge in [0.1, 0.15) is 0 Å². The maximum atomic E-state index is 13.1. The van der Waals surface area contributed by atoms with E-state index in [0.29, 0.717) is 36.2 Å². The Morgan fingerprint density at radius 1 is 1.09 bits per heavy atom. The molecular formula is C26H29N3O4S2. The monoisotopic (exact) mass is 511 g/mol. The fourth-order valence-electron chi connectivity index (χ4n) is 3.88. The molecule has 184 valence electrons. The Bertz CT molecular complexity index is 1230. The smallest absolute Gasteiger partial charge is 0.268 e. The van der Waals surface area contributed by atoms with E-state index in [9.17, 15) is 9.59 Å². The van der Waals surface area contributed by atoms with E-state index in [4.69, 9.17) is 14.5 Å². The Labute approximate surface area is 213 Å². The molecule has 2 aromatic carbocycles. The van der Waals surface area contributed by atoms with Crippen LogP contribution in [0.1, 0.15) is 16.8 Å². The van der Waals surface area contributed by atoms with Gasteiger partial charge in [-0.3, -0.25) is 14.2 Å². The minimum absolute atomic E-state index is 0.00444. The topological polar surface area (TPSA) is 82.5 Å². The first kappa shape index (κ1) is 25.2. The van der Waals surface area contributed by atoms with Crippen LogP contribution in [0.15, 0.2) is 63.4 Å². The van der Waals surface area contributed by atoms with Crippen molar-refractivity contribution >= 4 is 29.4 Å². The average molecular weight is 512 g/mol. The lowest BCUT2D eigenvalue weighted by molar-refractivity contribution is -0.118. The molecule has 9 heteroatoms. The number of benzene rings is 2. The van der Waals surface area contributed by atoms with Crippen molar-refractivity contribution in [1.82, 2.24) is 14.9 Å². The number of carbonyl (C=O) groups is 1. The van der Waals surface area contributed by atoms with E-state index in [1.165, 1.54) is 11.8 Å². The summed E-state index contributed by atoms with van der Waals surface area (Å²) >= 11 is 2.90. The van der Waals surface area contributed by atoms with Crippen molar-refractivity contribution in [3.05, 3.63) is 75.7 Å². The molecule has 1 N–H and O–H groups in total. The zero-order valence-corrected chi connectivity index (χ0v) is 21.5. The number of aromatic nitrogens is 2. The van der Waals surface area contributed by atoms with Crippen LogP contribution in [0.3, 0.4) is 0 Å². The zero-order valence-electron chi connectivity index (χ0n) is 19.9. The number of hydrogen-bond donors (Lipinski definition) is 1. The van der Waals surface area contributed by atoms with Crippen LogP contribution in [0.5, 0.6) is 11.5 Å². The summed E-state index contributed by atoms with van der Waals surface area (Å²) in [7, 11) is 3.21. The number of nitrogens with zero attached hydrogens (tertiary/aromatic N) is 2. The molecule has 3 aromatic rings. The van der Waals surface area contributed by atoms with Gasteiger partial charge in [-0.05, 0) is 36.1 Å². The standard InChI is InChI=1S/C26H29N3O4S2/c1-32-21-9-8-19(16-22(21)33-2)10-13-27-23(30)17-35-26-28-20-12-15-34-24(20)25(31)29(26)14-11-18-6-4-3-5-7-18/h3-9,16H,10-15,17H2,1-2H3,(H,27,30). The number of methoxy groups -OCH3 is 2. The number of nitrogens with one attached hydrogen (secondary N) is 1. The maximum Gasteiger partial charge on any atom is 0.268 e. The third-order valence-electron chi connectivity index (χ3n) is 5.73. The summed E-state index contributed by atoms with van der Waals surface area (Å²) in [5, 5.41) is 3.57. The number of ether oxygens (including phenoxy) is 2. The number of rotatable bonds is 11. The predicted molar refractivity (Wildman–Crippen MR) is 140 cm³/mol. The third kappa shape index (κ3) is 6.41. The van der Waals surface area contributed by atoms with E-state index in [0.717, 1.165) is 40.3 Å². The molecule has 0 spiro atoms. The van der Waals surface area contributed by atoms with E-state index in [-0.39, 0.29) is 17.2 Å². The molecule has 0 fully saturated rings. The average Bonchev–Trinajstić information content (AvgIpc) is 3.36. The van der Waals surface area contributed by atoms with Crippen molar-refractivity contribution in [3.8, 4) is 11.5 Å². The van der Waals surface area contributed by atoms with Crippen LogP contribution in [0.4, 0.5) is 0 Å². The molecule has 1 aliphatic heterocycles. The second-order valence-electron chi connectivity index (χ2n) is 8.04. The molecule has 4 rings (SSSR count). The fourth-order valence-corrected chi connectivity index (χ4v) is 5.79. The Kier molecular flexibility index (Phi) is 8.76. The molecule has 2 heterocycles. The second-order valence-corrected chi connectivity index (χ2v) is 10.1. The van der Waals surface area contributed by atoms with E-state index in [1.807, 2.05) is 36.4 Å². The minimum atomic E-state index is -0.0887. The van der Waals surface area contributed by atoms with Crippen molar-refractivity contribution in [2.24, 2.45) is 0 Å². The lowest BCUT2D eigenvalue weighted by Crippen LogP contribution is -2.29. The molecule has 35 heavy (non-hydrogen) atoms. The number of carbonyl (C=O) groups excluding carboxylic acids is 1. The van der Waals surface area contributed by atoms with E-state index >= 15 is 0 Å². The molecule has 0 saturated carbocycles. The second kappa shape index (κ2) is 12.2. The molecule has 0 radical (unpaired) electrons. The summed E-state index contributed by atoms with van der Waals surface area (Å²) in [4.78, 5) is 31.2. The molecule has 0 saturated heterocycles. The Hall–Kier alpha value is -2.91. The molecule has 1 amide bonds. The van der Waals surface area contributed by atoms with Gasteiger partial charge in [-0.1, -0.05) is 48.2 Å². The first-order chi connectivity index (χ1) is 17.1. The van der Waals surface area contributed by atoms with Crippen LogP contribution < -0.4 is 20.3 Å². The summed E-state index contributed by atoms with van der Waals surface area (Å²) in [6.07, 6.45) is 2.20. The summed E-state index contributed by atoms with van der Waals surface area (Å²) in [5.74, 6) is 2.34. The summed E-state index contributed by atoms with van der Waals surface area (Å²) in [6.45, 7) is 1.04. The van der Waals surface area contributed by atoms with Crippen LogP contribution in [0.25, 0.3) is 0 Å². The van der Waals surface area contributed by atoms with Gasteiger partial charge in [-0.15, -0.1) is 11.8 Å². The van der Waals surface area contributed by atoms with Crippen molar-refractivity contribution in [1.29, 1.82) is 0 Å². The quantitative estimate of drug-likeness (QED) is 0.311. The predicted octanol–water partition coefficient (Wildman–Crippen LogP) is 3.60. The summed E-state index contributed by atoms with van der Waals surface area (Å²) in [6, 6.07) is 15.8. The highest BCUT2D eigenvalue weighted by Gasteiger charge is 2.22. The van der Waals surface area contributed by atoms with Gasteiger partial charge >= 0.3 is 0 Å². The van der Waals surface area contributed by atoms with Gasteiger partial charge in [-0.25, -0.2) is 4.98 Å². The van der Waals surface area contributed by atoms with Gasteiger partial charge in [0.2, 0.25) is 5.91 Å². The van der Waals surface area contributed by atoms with E-state index in [2.05, 4.69) is 17.4 Å². The molecular weight excluding hydrogens is 482 g/mol. The van der Waals surface area contributed by atoms with Crippen LogP contribution in [-0.2, 0) is 30.6 Å². The molecule has 1 aromatic heterocycles. The Morgan fingerprint density at radius 2 is 1.89 bits per heavy atom. The van der Waals surface area contributed by atoms with E-state index < -0.39 is 0 Å². The third-order valence-corrected chi connectivity index (χ3v) is 7.81. The van der Waals surface area contributed by atoms with Gasteiger partial charge in [0.05, 0.1) is 30.6 Å². The van der Waals surface area contributed by atoms with Gasteiger partial charge < -0.3 is 14.8 Å². The van der Waals surface area contributed by atoms with Crippen molar-refractivity contribution in [3.63, 3.8) is 0 Å². The van der Waals surface area contributed by atoms with Crippen LogP contribution >= 0.6 is 23.5 Å².